The zero-order valence-electron chi connectivity index (χ0n) is 34.4. The molecule has 6 aromatic rings. The molecule has 21 nitrogen and oxygen atoms in total. The number of nitrogens with one attached hydrogen (secondary N) is 2. The number of phenolic OH excluding ortho intramolecular Hbond substituents is 1. The highest BCUT2D eigenvalue weighted by Gasteiger charge is 2.19. The lowest BCUT2D eigenvalue weighted by molar-refractivity contribution is -0.114. The van der Waals surface area contributed by atoms with Crippen molar-refractivity contribution in [1.82, 2.24) is 0 Å². The minimum atomic E-state index is -4.80. The monoisotopic (exact) mass is 945 g/mol. The maximum Gasteiger partial charge on any atom is 0.296 e. The molecule has 0 aliphatic carbocycles. The lowest BCUT2D eigenvalue weighted by Crippen LogP contribution is -2.08. The summed E-state index contributed by atoms with van der Waals surface area (Å²) < 4.78 is 104. The number of azo groups is 3. The zero-order valence-corrected chi connectivity index (χ0v) is 36.8. The fraction of sp³-hybridized carbons (Fsp3) is 0.146. The van der Waals surface area contributed by atoms with Crippen LogP contribution < -0.4 is 21.1 Å². The van der Waals surface area contributed by atoms with Crippen molar-refractivity contribution in [3.63, 3.8) is 0 Å². The Bertz CT molecular complexity index is 3290. The molecule has 0 unspecified atom stereocenters. The smallest absolute Gasteiger partial charge is 0.296 e. The van der Waals surface area contributed by atoms with Crippen molar-refractivity contribution in [3.05, 3.63) is 108 Å². The van der Waals surface area contributed by atoms with Crippen molar-refractivity contribution < 1.29 is 53.5 Å². The van der Waals surface area contributed by atoms with Gasteiger partial charge in [0, 0.05) is 35.4 Å². The number of aromatic hydroxyl groups is 1. The molecule has 65 heavy (non-hydrogen) atoms. The molecule has 0 aromatic heterocycles. The summed E-state index contributed by atoms with van der Waals surface area (Å²) in [6.45, 7) is 4.46. The Morgan fingerprint density at radius 1 is 0.631 bits per heavy atom. The highest BCUT2D eigenvalue weighted by molar-refractivity contribution is 7.86. The molecule has 0 saturated carbocycles. The number of aryl methyl sites for hydroxylation is 2. The van der Waals surface area contributed by atoms with Crippen LogP contribution in [-0.2, 0) is 35.1 Å². The molecule has 0 fully saturated rings. The first kappa shape index (κ1) is 47.3. The van der Waals surface area contributed by atoms with E-state index in [2.05, 4.69) is 41.3 Å². The number of nitrogen functional groups attached to an aromatic ring is 1. The fourth-order valence-corrected chi connectivity index (χ4v) is 7.85. The third kappa shape index (κ3) is 12.5. The van der Waals surface area contributed by atoms with Crippen LogP contribution in [0.25, 0.3) is 10.8 Å². The molecule has 24 heteroatoms. The van der Waals surface area contributed by atoms with Gasteiger partial charge in [0.05, 0.1) is 35.1 Å². The summed E-state index contributed by atoms with van der Waals surface area (Å²) in [5, 5.41) is 43.0. The highest BCUT2D eigenvalue weighted by Crippen LogP contribution is 2.40. The summed E-state index contributed by atoms with van der Waals surface area (Å²) in [7, 11) is -13.6. The van der Waals surface area contributed by atoms with Gasteiger partial charge in [0.2, 0.25) is 5.91 Å². The first-order valence-corrected chi connectivity index (χ1v) is 23.4. The normalized spacial score (nSPS) is 12.4. The van der Waals surface area contributed by atoms with E-state index in [0.29, 0.717) is 44.6 Å². The van der Waals surface area contributed by atoms with E-state index in [1.807, 2.05) is 0 Å². The van der Waals surface area contributed by atoms with Gasteiger partial charge in [-0.1, -0.05) is 6.07 Å². The molecule has 6 aromatic carbocycles. The molecular weight excluding hydrogens is 907 g/mol. The first-order chi connectivity index (χ1) is 30.5. The summed E-state index contributed by atoms with van der Waals surface area (Å²) in [5.74, 6) is -1.10. The second-order valence-corrected chi connectivity index (χ2v) is 18.6. The van der Waals surface area contributed by atoms with E-state index in [1.54, 1.807) is 74.5 Å². The van der Waals surface area contributed by atoms with Crippen molar-refractivity contribution in [1.29, 1.82) is 0 Å². The Kier molecular flexibility index (Phi) is 14.0. The number of fused-ring (bicyclic) bond motifs is 1. The second-order valence-electron chi connectivity index (χ2n) is 14.2. The van der Waals surface area contributed by atoms with Gasteiger partial charge in [-0.3, -0.25) is 18.5 Å². The molecule has 0 spiro atoms. The minimum Gasteiger partial charge on any atom is -0.505 e. The van der Waals surface area contributed by atoms with Gasteiger partial charge in [-0.2, -0.15) is 40.6 Å². The molecule has 0 radical (unpaired) electrons. The number of carbonyl (C=O) groups excluding carboxylic acids is 1. The number of nitrogens with zero attached hydrogens (tertiary/aromatic N) is 6. The summed E-state index contributed by atoms with van der Waals surface area (Å²) in [4.78, 5) is 10.4. The summed E-state index contributed by atoms with van der Waals surface area (Å²) >= 11 is 0. The molecule has 0 aliphatic rings. The standard InChI is InChI=1S/C41H39N9O12S3/c1-23-17-30(45-48-35-12-5-26-19-27(6-10-31(26)41(35)52)44-29-7-11-32(42)39(20-29)64(56,57)58)9-13-33(23)46-50-37-18-24(2)36(22-38(37)62-15-4-16-63(53,54)55)49-47-34-14-8-28(43-25(3)51)21-40(34)65(59,60)61/h5-14,17-22,44,52H,4,15-16,42H2,1-3H3,(H,43,51)(H,53,54,55)(H,56,57,58)(H,59,60,61). The Morgan fingerprint density at radius 3 is 1.91 bits per heavy atom. The number of carbonyl (C=O) groups is 1. The van der Waals surface area contributed by atoms with E-state index in [4.69, 9.17) is 15.0 Å². The second kappa shape index (κ2) is 19.3. The predicted octanol–water partition coefficient (Wildman–Crippen LogP) is 9.84. The number of ether oxygens (including phenoxy) is 1. The number of hydrogen-bond acceptors (Lipinski definition) is 17. The average molecular weight is 946 g/mol. The number of hydrogen-bond donors (Lipinski definition) is 7. The van der Waals surface area contributed by atoms with Crippen molar-refractivity contribution >= 4 is 104 Å². The Balaban J connectivity index is 1.21. The van der Waals surface area contributed by atoms with E-state index in [0.717, 1.165) is 6.07 Å². The van der Waals surface area contributed by atoms with E-state index in [9.17, 15) is 44.3 Å². The number of phenols is 1. The van der Waals surface area contributed by atoms with Crippen molar-refractivity contribution in [2.45, 2.75) is 37.0 Å². The van der Waals surface area contributed by atoms with Gasteiger partial charge in [-0.15, -0.1) is 15.3 Å². The number of amides is 1. The predicted molar refractivity (Wildman–Crippen MR) is 242 cm³/mol. The van der Waals surface area contributed by atoms with Crippen molar-refractivity contribution in [3.8, 4) is 11.5 Å². The molecule has 338 valence electrons. The molecule has 1 amide bonds. The Labute approximate surface area is 372 Å². The van der Waals surface area contributed by atoms with Gasteiger partial charge in [0.25, 0.3) is 30.4 Å². The fourth-order valence-electron chi connectivity index (χ4n) is 6.08. The van der Waals surface area contributed by atoms with Crippen LogP contribution in [0.3, 0.4) is 0 Å². The van der Waals surface area contributed by atoms with Crippen LogP contribution in [0.1, 0.15) is 24.5 Å². The first-order valence-electron chi connectivity index (χ1n) is 18.9. The van der Waals surface area contributed by atoms with Crippen LogP contribution in [0.15, 0.2) is 138 Å². The van der Waals surface area contributed by atoms with Crippen molar-refractivity contribution in [2.24, 2.45) is 30.7 Å². The molecule has 0 saturated heterocycles. The van der Waals surface area contributed by atoms with Gasteiger partial charge in [0.15, 0.2) is 5.75 Å². The van der Waals surface area contributed by atoms with Gasteiger partial charge < -0.3 is 26.2 Å². The molecule has 0 atom stereocenters. The SMILES string of the molecule is CC(=O)Nc1ccc(N=Nc2cc(OCCCS(=O)(=O)O)c(N=Nc3ccc(N=Nc4ccc5cc(Nc6ccc(N)c(S(=O)(=O)O)c6)ccc5c4O)cc3C)cc2C)c(S(=O)(=O)O)c1. The molecular formula is C41H39N9O12S3. The third-order valence-corrected chi connectivity index (χ3v) is 11.8. The molecule has 0 aliphatic heterocycles. The van der Waals surface area contributed by atoms with Crippen LogP contribution in [0.2, 0.25) is 0 Å². The molecule has 0 bridgehead atoms. The van der Waals surface area contributed by atoms with E-state index >= 15 is 0 Å². The minimum absolute atomic E-state index is 0.0843. The summed E-state index contributed by atoms with van der Waals surface area (Å²) in [5.41, 5.74) is 8.86. The van der Waals surface area contributed by atoms with Crippen LogP contribution >= 0.6 is 0 Å². The number of benzene rings is 6. The summed E-state index contributed by atoms with van der Waals surface area (Å²) in [6, 6.07) is 23.9. The van der Waals surface area contributed by atoms with E-state index < -0.39 is 51.8 Å². The van der Waals surface area contributed by atoms with E-state index in [1.165, 1.54) is 37.3 Å². The van der Waals surface area contributed by atoms with Gasteiger partial charge in [0.1, 0.15) is 32.6 Å². The van der Waals surface area contributed by atoms with Gasteiger partial charge in [-0.25, -0.2) is 0 Å². The topological polar surface area (TPSA) is 334 Å². The van der Waals surface area contributed by atoms with Crippen LogP contribution in [0.5, 0.6) is 11.5 Å². The Hall–Kier alpha value is -7.22. The molecule has 8 N–H and O–H groups in total. The number of anilines is 4. The summed E-state index contributed by atoms with van der Waals surface area (Å²) in [6.07, 6.45) is -0.0843. The van der Waals surface area contributed by atoms with Crippen molar-refractivity contribution in [2.75, 3.05) is 28.7 Å². The zero-order chi connectivity index (χ0) is 47.3. The average Bonchev–Trinajstić information content (AvgIpc) is 3.21. The molecule has 0 heterocycles. The maximum atomic E-state index is 12.1. The highest BCUT2D eigenvalue weighted by atomic mass is 32.2. The van der Waals surface area contributed by atoms with Gasteiger partial charge in [-0.05, 0) is 122 Å². The quantitative estimate of drug-likeness (QED) is 0.0205. The van der Waals surface area contributed by atoms with Crippen LogP contribution in [-0.4, -0.2) is 62.3 Å². The largest absolute Gasteiger partial charge is 0.505 e. The number of nitrogens with two attached hydrogens (primary N) is 1. The lowest BCUT2D eigenvalue weighted by atomic mass is 10.1. The lowest BCUT2D eigenvalue weighted by Gasteiger charge is -2.11. The Morgan fingerprint density at radius 2 is 1.22 bits per heavy atom. The third-order valence-electron chi connectivity index (χ3n) is 9.17. The van der Waals surface area contributed by atoms with Crippen LogP contribution in [0, 0.1) is 13.8 Å². The number of rotatable bonds is 16. The van der Waals surface area contributed by atoms with E-state index in [-0.39, 0.29) is 58.7 Å². The maximum absolute atomic E-state index is 12.1. The molecule has 6 rings (SSSR count). The van der Waals surface area contributed by atoms with Crippen LogP contribution in [0.4, 0.5) is 56.9 Å². The van der Waals surface area contributed by atoms with Gasteiger partial charge >= 0.3 is 0 Å².